The maximum Gasteiger partial charge on any atom is 0.222 e. The van der Waals surface area contributed by atoms with Crippen LogP contribution in [0.4, 0.5) is 5.95 Å². The van der Waals surface area contributed by atoms with Crippen molar-refractivity contribution in [2.45, 2.75) is 6.10 Å². The lowest BCUT2D eigenvalue weighted by atomic mass is 10.1. The molecule has 2 rings (SSSR count). The fourth-order valence-electron chi connectivity index (χ4n) is 1.45. The third-order valence-corrected chi connectivity index (χ3v) is 3.09. The lowest BCUT2D eigenvalue weighted by molar-refractivity contribution is 0.191. The van der Waals surface area contributed by atoms with E-state index in [0.29, 0.717) is 23.1 Å². The van der Waals surface area contributed by atoms with Gasteiger partial charge in [-0.05, 0) is 22.0 Å². The molecule has 0 fully saturated rings. The normalized spacial score (nSPS) is 12.2. The zero-order valence-electron chi connectivity index (χ0n) is 9.35. The Morgan fingerprint density at radius 2 is 1.94 bits per heavy atom. The second-order valence-electron chi connectivity index (χ2n) is 3.64. The summed E-state index contributed by atoms with van der Waals surface area (Å²) in [7, 11) is 0. The van der Waals surface area contributed by atoms with Crippen LogP contribution >= 0.6 is 27.5 Å². The second-order valence-corrected chi connectivity index (χ2v) is 4.97. The largest absolute Gasteiger partial charge is 0.387 e. The van der Waals surface area contributed by atoms with E-state index in [2.05, 4.69) is 31.2 Å². The Hall–Kier alpha value is -1.17. The molecular formula is C12H11BrClN3O. The number of rotatable bonds is 4. The number of hydrogen-bond acceptors (Lipinski definition) is 4. The van der Waals surface area contributed by atoms with Gasteiger partial charge >= 0.3 is 0 Å². The van der Waals surface area contributed by atoms with Gasteiger partial charge in [-0.3, -0.25) is 0 Å². The van der Waals surface area contributed by atoms with Crippen molar-refractivity contribution >= 4 is 33.5 Å². The zero-order chi connectivity index (χ0) is 13.0. The van der Waals surface area contributed by atoms with Gasteiger partial charge in [-0.15, -0.1) is 0 Å². The van der Waals surface area contributed by atoms with E-state index >= 15 is 0 Å². The Morgan fingerprint density at radius 1 is 1.28 bits per heavy atom. The average molecular weight is 329 g/mol. The molecule has 0 saturated heterocycles. The molecule has 0 aliphatic carbocycles. The zero-order valence-corrected chi connectivity index (χ0v) is 11.7. The van der Waals surface area contributed by atoms with Gasteiger partial charge in [-0.25, -0.2) is 9.97 Å². The van der Waals surface area contributed by atoms with Crippen LogP contribution < -0.4 is 5.32 Å². The summed E-state index contributed by atoms with van der Waals surface area (Å²) in [6, 6.07) is 7.19. The minimum atomic E-state index is -0.703. The monoisotopic (exact) mass is 327 g/mol. The molecule has 4 nitrogen and oxygen atoms in total. The fourth-order valence-corrected chi connectivity index (χ4v) is 1.91. The van der Waals surface area contributed by atoms with Gasteiger partial charge < -0.3 is 10.4 Å². The maximum atomic E-state index is 10.0. The Kier molecular flexibility index (Phi) is 4.52. The van der Waals surface area contributed by atoms with E-state index in [1.807, 2.05) is 12.1 Å². The van der Waals surface area contributed by atoms with Crippen LogP contribution in [0.3, 0.4) is 0 Å². The van der Waals surface area contributed by atoms with E-state index in [-0.39, 0.29) is 0 Å². The number of anilines is 1. The predicted molar refractivity (Wildman–Crippen MR) is 74.6 cm³/mol. The topological polar surface area (TPSA) is 58.0 Å². The Bertz CT molecular complexity index is 521. The molecule has 1 unspecified atom stereocenters. The minimum Gasteiger partial charge on any atom is -0.387 e. The Balaban J connectivity index is 1.98. The van der Waals surface area contributed by atoms with Gasteiger partial charge in [0.15, 0.2) is 0 Å². The van der Waals surface area contributed by atoms with Crippen molar-refractivity contribution in [3.8, 4) is 0 Å². The van der Waals surface area contributed by atoms with Gasteiger partial charge in [0.1, 0.15) is 0 Å². The smallest absolute Gasteiger partial charge is 0.222 e. The van der Waals surface area contributed by atoms with Crippen LogP contribution in [-0.4, -0.2) is 21.6 Å². The van der Waals surface area contributed by atoms with E-state index in [1.54, 1.807) is 24.5 Å². The first-order valence-corrected chi connectivity index (χ1v) is 6.48. The van der Waals surface area contributed by atoms with Crippen molar-refractivity contribution in [1.29, 1.82) is 0 Å². The van der Waals surface area contributed by atoms with Crippen LogP contribution in [0, 0.1) is 0 Å². The molecule has 0 bridgehead atoms. The maximum absolute atomic E-state index is 10.0. The highest BCUT2D eigenvalue weighted by Crippen LogP contribution is 2.22. The minimum absolute atomic E-state index is 0.297. The molecule has 0 radical (unpaired) electrons. The highest BCUT2D eigenvalue weighted by molar-refractivity contribution is 9.10. The van der Waals surface area contributed by atoms with Crippen LogP contribution in [0.5, 0.6) is 0 Å². The van der Waals surface area contributed by atoms with Crippen LogP contribution in [0.1, 0.15) is 11.7 Å². The molecule has 1 aromatic heterocycles. The van der Waals surface area contributed by atoms with Crippen LogP contribution in [-0.2, 0) is 0 Å². The number of aromatic nitrogens is 2. The predicted octanol–water partition coefficient (Wildman–Crippen LogP) is 3.04. The van der Waals surface area contributed by atoms with Crippen molar-refractivity contribution in [1.82, 2.24) is 9.97 Å². The molecule has 0 aliphatic heterocycles. The first-order chi connectivity index (χ1) is 8.66. The SMILES string of the molecule is OC(CNc1ncc(Br)cn1)c1ccccc1Cl. The molecule has 0 aliphatic rings. The first-order valence-electron chi connectivity index (χ1n) is 5.30. The van der Waals surface area contributed by atoms with Crippen molar-refractivity contribution in [3.05, 3.63) is 51.7 Å². The number of aliphatic hydroxyl groups is 1. The molecular weight excluding hydrogens is 318 g/mol. The third kappa shape index (κ3) is 3.41. The van der Waals surface area contributed by atoms with Crippen molar-refractivity contribution in [2.24, 2.45) is 0 Å². The summed E-state index contributed by atoms with van der Waals surface area (Å²) in [6.07, 6.45) is 2.57. The third-order valence-electron chi connectivity index (χ3n) is 2.34. The summed E-state index contributed by atoms with van der Waals surface area (Å²) >= 11 is 9.25. The lowest BCUT2D eigenvalue weighted by Crippen LogP contribution is -2.14. The molecule has 94 valence electrons. The Labute approximate surface area is 118 Å². The fraction of sp³-hybridized carbons (Fsp3) is 0.167. The number of nitrogens with zero attached hydrogens (tertiary/aromatic N) is 2. The summed E-state index contributed by atoms with van der Waals surface area (Å²) in [5.74, 6) is 0.462. The summed E-state index contributed by atoms with van der Waals surface area (Å²) in [4.78, 5) is 8.11. The van der Waals surface area contributed by atoms with Gasteiger partial charge in [-0.1, -0.05) is 29.8 Å². The van der Waals surface area contributed by atoms with Crippen LogP contribution in [0.2, 0.25) is 5.02 Å². The second kappa shape index (κ2) is 6.13. The molecule has 0 spiro atoms. The lowest BCUT2D eigenvalue weighted by Gasteiger charge is -2.13. The number of benzene rings is 1. The van der Waals surface area contributed by atoms with Gasteiger partial charge in [0.25, 0.3) is 0 Å². The molecule has 18 heavy (non-hydrogen) atoms. The molecule has 2 aromatic rings. The summed E-state index contributed by atoms with van der Waals surface area (Å²) in [5, 5.41) is 13.5. The van der Waals surface area contributed by atoms with Crippen molar-refractivity contribution in [3.63, 3.8) is 0 Å². The number of hydrogen-bond donors (Lipinski definition) is 2. The van der Waals surface area contributed by atoms with Gasteiger partial charge in [0.2, 0.25) is 5.95 Å². The number of halogens is 2. The van der Waals surface area contributed by atoms with Crippen LogP contribution in [0.25, 0.3) is 0 Å². The summed E-state index contributed by atoms with van der Waals surface area (Å²) in [6.45, 7) is 0.297. The molecule has 0 saturated carbocycles. The summed E-state index contributed by atoms with van der Waals surface area (Å²) in [5.41, 5.74) is 0.684. The van der Waals surface area contributed by atoms with Gasteiger partial charge in [0, 0.05) is 29.5 Å². The van der Waals surface area contributed by atoms with E-state index in [9.17, 15) is 5.11 Å². The van der Waals surface area contributed by atoms with Gasteiger partial charge in [-0.2, -0.15) is 0 Å². The number of aliphatic hydroxyl groups excluding tert-OH is 1. The molecule has 1 aromatic carbocycles. The van der Waals surface area contributed by atoms with E-state index in [0.717, 1.165) is 4.47 Å². The summed E-state index contributed by atoms with van der Waals surface area (Å²) < 4.78 is 0.805. The number of nitrogens with one attached hydrogen (secondary N) is 1. The first kappa shape index (κ1) is 13.3. The highest BCUT2D eigenvalue weighted by atomic mass is 79.9. The average Bonchev–Trinajstić information content (AvgIpc) is 2.38. The van der Waals surface area contributed by atoms with Crippen LogP contribution in [0.15, 0.2) is 41.1 Å². The van der Waals surface area contributed by atoms with Crippen molar-refractivity contribution < 1.29 is 5.11 Å². The Morgan fingerprint density at radius 3 is 2.61 bits per heavy atom. The molecule has 6 heteroatoms. The molecule has 1 atom stereocenters. The quantitative estimate of drug-likeness (QED) is 0.906. The molecule has 0 amide bonds. The van der Waals surface area contributed by atoms with Gasteiger partial charge in [0.05, 0.1) is 10.6 Å². The standard InChI is InChI=1S/C12H11BrClN3O/c13-8-5-15-12(16-6-8)17-7-11(18)9-3-1-2-4-10(9)14/h1-6,11,18H,7H2,(H,15,16,17). The van der Waals surface area contributed by atoms with E-state index in [4.69, 9.17) is 11.6 Å². The highest BCUT2D eigenvalue weighted by Gasteiger charge is 2.11. The van der Waals surface area contributed by atoms with Crippen molar-refractivity contribution in [2.75, 3.05) is 11.9 Å². The molecule has 2 N–H and O–H groups in total. The molecule has 1 heterocycles. The van der Waals surface area contributed by atoms with E-state index < -0.39 is 6.10 Å². The van der Waals surface area contributed by atoms with E-state index in [1.165, 1.54) is 0 Å².